The third-order valence-corrected chi connectivity index (χ3v) is 9.53. The normalized spacial score (nSPS) is 17.6. The predicted octanol–water partition coefficient (Wildman–Crippen LogP) is 4.50. The van der Waals surface area contributed by atoms with Gasteiger partial charge in [-0.05, 0) is 61.9 Å². The smallest absolute Gasteiger partial charge is 0.261 e. The maximum Gasteiger partial charge on any atom is 0.261 e. The maximum atomic E-state index is 13.7. The van der Waals surface area contributed by atoms with E-state index in [4.69, 9.17) is 0 Å². The molecule has 0 aliphatic carbocycles. The molecule has 2 heterocycles. The van der Waals surface area contributed by atoms with Gasteiger partial charge < -0.3 is 9.80 Å². The van der Waals surface area contributed by atoms with E-state index in [0.29, 0.717) is 30.4 Å². The molecular weight excluding hydrogens is 534 g/mol. The van der Waals surface area contributed by atoms with E-state index in [1.54, 1.807) is 18.2 Å². The molecular formula is C32H41N5O3S. The Kier molecular flexibility index (Phi) is 8.97. The Morgan fingerprint density at radius 1 is 0.878 bits per heavy atom. The standard InChI is InChI=1S/C32H41N5O3S/c1-4-5-14-34-15-17-37(18-16-34)32(38)28-11-13-31(36-21-19-35(20-22-36)25(2)3)30(24-28)33-41(39,40)29-12-10-26-8-6-7-9-27(26)23-29/h4-13,23-25,33H,14-22H2,1-3H3/b5-4+. The van der Waals surface area contributed by atoms with Crippen molar-refractivity contribution >= 4 is 38.1 Å². The zero-order chi connectivity index (χ0) is 29.0. The zero-order valence-corrected chi connectivity index (χ0v) is 25.1. The first-order valence-corrected chi connectivity index (χ1v) is 16.0. The van der Waals surface area contributed by atoms with Gasteiger partial charge in [-0.1, -0.05) is 42.5 Å². The van der Waals surface area contributed by atoms with Crippen molar-refractivity contribution in [3.8, 4) is 0 Å². The van der Waals surface area contributed by atoms with Gasteiger partial charge in [-0.2, -0.15) is 0 Å². The number of nitrogens with zero attached hydrogens (tertiary/aromatic N) is 4. The Morgan fingerprint density at radius 2 is 1.59 bits per heavy atom. The molecule has 218 valence electrons. The summed E-state index contributed by atoms with van der Waals surface area (Å²) in [5.74, 6) is -0.0713. The fraction of sp³-hybridized carbons (Fsp3) is 0.406. The molecule has 1 amide bonds. The number of piperazine rings is 2. The molecule has 2 aliphatic heterocycles. The summed E-state index contributed by atoms with van der Waals surface area (Å²) in [5.41, 5.74) is 1.73. The Bertz CT molecular complexity index is 1500. The van der Waals surface area contributed by atoms with Crippen molar-refractivity contribution in [2.45, 2.75) is 31.7 Å². The summed E-state index contributed by atoms with van der Waals surface area (Å²) in [7, 11) is -3.90. The minimum absolute atomic E-state index is 0.0713. The van der Waals surface area contributed by atoms with Crippen LogP contribution in [-0.2, 0) is 10.0 Å². The SMILES string of the molecule is C/C=C/CN1CCN(C(=O)c2ccc(N3CCN(C(C)C)CC3)c(NS(=O)(=O)c3ccc4ccccc4c3)c2)CC1. The number of nitrogens with one attached hydrogen (secondary N) is 1. The summed E-state index contributed by atoms with van der Waals surface area (Å²) in [5, 5.41) is 1.84. The Morgan fingerprint density at radius 3 is 2.27 bits per heavy atom. The van der Waals surface area contributed by atoms with E-state index in [1.807, 2.05) is 60.4 Å². The second-order valence-electron chi connectivity index (χ2n) is 11.1. The molecule has 5 rings (SSSR count). The largest absolute Gasteiger partial charge is 0.367 e. The fourth-order valence-corrected chi connectivity index (χ4v) is 6.71. The molecule has 0 unspecified atom stereocenters. The minimum atomic E-state index is -3.90. The third kappa shape index (κ3) is 6.74. The van der Waals surface area contributed by atoms with Crippen molar-refractivity contribution in [2.75, 3.05) is 68.5 Å². The molecule has 0 saturated carbocycles. The Hall–Kier alpha value is -3.40. The van der Waals surface area contributed by atoms with E-state index in [0.717, 1.165) is 62.3 Å². The molecule has 0 atom stereocenters. The molecule has 2 aliphatic rings. The highest BCUT2D eigenvalue weighted by molar-refractivity contribution is 7.92. The number of benzene rings is 3. The van der Waals surface area contributed by atoms with E-state index >= 15 is 0 Å². The molecule has 0 aromatic heterocycles. The van der Waals surface area contributed by atoms with Crippen LogP contribution in [0.15, 0.2) is 77.7 Å². The lowest BCUT2D eigenvalue weighted by atomic mass is 10.1. The molecule has 9 heteroatoms. The second kappa shape index (κ2) is 12.6. The monoisotopic (exact) mass is 575 g/mol. The van der Waals surface area contributed by atoms with E-state index in [1.165, 1.54) is 0 Å². The summed E-state index contributed by atoms with van der Waals surface area (Å²) in [6, 6.07) is 18.8. The lowest BCUT2D eigenvalue weighted by Gasteiger charge is -2.39. The molecule has 0 bridgehead atoms. The minimum Gasteiger partial charge on any atom is -0.367 e. The highest BCUT2D eigenvalue weighted by Crippen LogP contribution is 2.32. The Balaban J connectivity index is 1.42. The van der Waals surface area contributed by atoms with Crippen molar-refractivity contribution in [3.05, 3.63) is 78.4 Å². The number of amides is 1. The van der Waals surface area contributed by atoms with Gasteiger partial charge in [-0.15, -0.1) is 0 Å². The number of anilines is 2. The summed E-state index contributed by atoms with van der Waals surface area (Å²) >= 11 is 0. The Labute approximate surface area is 244 Å². The van der Waals surface area contributed by atoms with Crippen LogP contribution in [0.25, 0.3) is 10.8 Å². The lowest BCUT2D eigenvalue weighted by molar-refractivity contribution is 0.0650. The number of carbonyl (C=O) groups excluding carboxylic acids is 1. The van der Waals surface area contributed by atoms with E-state index < -0.39 is 10.0 Å². The predicted molar refractivity (Wildman–Crippen MR) is 167 cm³/mol. The van der Waals surface area contributed by atoms with Gasteiger partial charge in [0.1, 0.15) is 0 Å². The highest BCUT2D eigenvalue weighted by Gasteiger charge is 2.26. The molecule has 41 heavy (non-hydrogen) atoms. The van der Waals surface area contributed by atoms with Crippen molar-refractivity contribution in [1.29, 1.82) is 0 Å². The van der Waals surface area contributed by atoms with Crippen LogP contribution < -0.4 is 9.62 Å². The lowest BCUT2D eigenvalue weighted by Crippen LogP contribution is -2.49. The number of sulfonamides is 1. The number of allylic oxidation sites excluding steroid dienone is 1. The number of hydrogen-bond acceptors (Lipinski definition) is 6. The van der Waals surface area contributed by atoms with Crippen LogP contribution in [0.3, 0.4) is 0 Å². The van der Waals surface area contributed by atoms with Crippen LogP contribution in [0.5, 0.6) is 0 Å². The summed E-state index contributed by atoms with van der Waals surface area (Å²) in [6.45, 7) is 13.6. The van der Waals surface area contributed by atoms with Gasteiger partial charge >= 0.3 is 0 Å². The van der Waals surface area contributed by atoms with Crippen molar-refractivity contribution in [2.24, 2.45) is 0 Å². The first-order chi connectivity index (χ1) is 19.7. The summed E-state index contributed by atoms with van der Waals surface area (Å²) < 4.78 is 30.2. The van der Waals surface area contributed by atoms with Crippen molar-refractivity contribution < 1.29 is 13.2 Å². The first kappa shape index (κ1) is 29.1. The number of fused-ring (bicyclic) bond motifs is 1. The molecule has 0 radical (unpaired) electrons. The van der Waals surface area contributed by atoms with Crippen LogP contribution >= 0.6 is 0 Å². The van der Waals surface area contributed by atoms with Crippen LogP contribution in [0.4, 0.5) is 11.4 Å². The van der Waals surface area contributed by atoms with Gasteiger partial charge in [0.2, 0.25) is 0 Å². The van der Waals surface area contributed by atoms with Crippen LogP contribution in [0.1, 0.15) is 31.1 Å². The van der Waals surface area contributed by atoms with Crippen molar-refractivity contribution in [3.63, 3.8) is 0 Å². The molecule has 8 nitrogen and oxygen atoms in total. The highest BCUT2D eigenvalue weighted by atomic mass is 32.2. The summed E-state index contributed by atoms with van der Waals surface area (Å²) in [6.07, 6.45) is 4.17. The van der Waals surface area contributed by atoms with E-state index in [9.17, 15) is 13.2 Å². The average molecular weight is 576 g/mol. The van der Waals surface area contributed by atoms with Crippen LogP contribution in [0, 0.1) is 0 Å². The number of hydrogen-bond donors (Lipinski definition) is 1. The van der Waals surface area contributed by atoms with Crippen LogP contribution in [0.2, 0.25) is 0 Å². The topological polar surface area (TPSA) is 76.2 Å². The fourth-order valence-electron chi connectivity index (χ4n) is 5.61. The van der Waals surface area contributed by atoms with Gasteiger partial charge in [0, 0.05) is 70.5 Å². The van der Waals surface area contributed by atoms with E-state index in [2.05, 4.69) is 39.3 Å². The maximum absolute atomic E-state index is 13.7. The zero-order valence-electron chi connectivity index (χ0n) is 24.3. The number of carbonyl (C=O) groups is 1. The second-order valence-corrected chi connectivity index (χ2v) is 12.8. The first-order valence-electron chi connectivity index (χ1n) is 14.5. The average Bonchev–Trinajstić information content (AvgIpc) is 2.99. The molecule has 2 fully saturated rings. The molecule has 3 aromatic carbocycles. The van der Waals surface area contributed by atoms with E-state index in [-0.39, 0.29) is 10.8 Å². The molecule has 1 N–H and O–H groups in total. The third-order valence-electron chi connectivity index (χ3n) is 8.16. The quantitative estimate of drug-likeness (QED) is 0.399. The summed E-state index contributed by atoms with van der Waals surface area (Å²) in [4.78, 5) is 22.6. The molecule has 0 spiro atoms. The molecule has 2 saturated heterocycles. The number of rotatable bonds is 8. The van der Waals surface area contributed by atoms with Gasteiger partial charge in [-0.3, -0.25) is 19.3 Å². The molecule has 3 aromatic rings. The van der Waals surface area contributed by atoms with Crippen LogP contribution in [-0.4, -0.2) is 94.0 Å². The van der Waals surface area contributed by atoms with Gasteiger partial charge in [-0.25, -0.2) is 8.42 Å². The van der Waals surface area contributed by atoms with Crippen molar-refractivity contribution in [1.82, 2.24) is 14.7 Å². The van der Waals surface area contributed by atoms with Gasteiger partial charge in [0.15, 0.2) is 0 Å². The van der Waals surface area contributed by atoms with Gasteiger partial charge in [0.25, 0.3) is 15.9 Å². The van der Waals surface area contributed by atoms with Gasteiger partial charge in [0.05, 0.1) is 16.3 Å².